The van der Waals surface area contributed by atoms with Crippen molar-refractivity contribution in [1.82, 2.24) is 5.16 Å². The second-order valence-electron chi connectivity index (χ2n) is 4.47. The van der Waals surface area contributed by atoms with Crippen LogP contribution in [0.3, 0.4) is 0 Å². The highest BCUT2D eigenvalue weighted by Gasteiger charge is 2.27. The Balaban J connectivity index is 2.15. The summed E-state index contributed by atoms with van der Waals surface area (Å²) in [5.74, 6) is 0.596. The number of hydrogen-bond donors (Lipinski definition) is 2. The molecule has 1 atom stereocenters. The van der Waals surface area contributed by atoms with E-state index < -0.39 is 6.04 Å². The molecule has 0 bridgehead atoms. The summed E-state index contributed by atoms with van der Waals surface area (Å²) in [6.45, 7) is 3.76. The Labute approximate surface area is 104 Å². The van der Waals surface area contributed by atoms with E-state index in [1.54, 1.807) is 0 Å². The van der Waals surface area contributed by atoms with Crippen molar-refractivity contribution in [3.05, 3.63) is 35.2 Å². The molecule has 0 saturated carbocycles. The molecule has 2 aromatic rings. The smallest absolute Gasteiger partial charge is 0.245 e. The molecule has 1 aliphatic heterocycles. The number of amides is 1. The minimum atomic E-state index is -0.597. The number of nitrogens with two attached hydrogens (primary N) is 1. The van der Waals surface area contributed by atoms with Gasteiger partial charge in [0.15, 0.2) is 0 Å². The molecule has 1 amide bonds. The summed E-state index contributed by atoms with van der Waals surface area (Å²) >= 11 is 0. The fraction of sp³-hybridized carbons (Fsp3) is 0.231. The van der Waals surface area contributed by atoms with E-state index >= 15 is 0 Å². The van der Waals surface area contributed by atoms with E-state index in [4.69, 9.17) is 10.3 Å². The Hall–Kier alpha value is -2.14. The van der Waals surface area contributed by atoms with Crippen LogP contribution in [0.25, 0.3) is 11.1 Å². The molecular weight excluding hydrogens is 230 g/mol. The van der Waals surface area contributed by atoms with E-state index in [2.05, 4.69) is 10.5 Å². The van der Waals surface area contributed by atoms with Gasteiger partial charge in [0.2, 0.25) is 5.91 Å². The number of carbonyl (C=O) groups is 1. The van der Waals surface area contributed by atoms with Crippen molar-refractivity contribution in [1.29, 1.82) is 0 Å². The zero-order valence-electron chi connectivity index (χ0n) is 10.2. The first kappa shape index (κ1) is 11.0. The average Bonchev–Trinajstić information content (AvgIpc) is 2.82. The van der Waals surface area contributed by atoms with Gasteiger partial charge in [-0.15, -0.1) is 0 Å². The molecule has 1 aliphatic rings. The Morgan fingerprint density at radius 3 is 2.83 bits per heavy atom. The first-order valence-corrected chi connectivity index (χ1v) is 5.71. The number of aryl methyl sites for hydroxylation is 2. The number of aromatic nitrogens is 1. The van der Waals surface area contributed by atoms with Crippen molar-refractivity contribution in [3.63, 3.8) is 0 Å². The normalized spacial score (nSPS) is 17.7. The predicted molar refractivity (Wildman–Crippen MR) is 67.0 cm³/mol. The van der Waals surface area contributed by atoms with Crippen LogP contribution in [-0.4, -0.2) is 11.1 Å². The number of rotatable bonds is 1. The second kappa shape index (κ2) is 3.68. The quantitative estimate of drug-likeness (QED) is 0.801. The lowest BCUT2D eigenvalue weighted by Gasteiger charge is -2.05. The number of benzene rings is 1. The standard InChI is InChI=1S/C13H13N3O2/c1-6-11(7(2)18-16-6)8-3-4-10-9(5-8)12(14)13(17)15-10/h3-5,12H,14H2,1-2H3,(H,15,17)/t12-/m1/s1. The maximum Gasteiger partial charge on any atom is 0.245 e. The number of carbonyl (C=O) groups excluding carboxylic acids is 1. The molecule has 5 nitrogen and oxygen atoms in total. The fourth-order valence-corrected chi connectivity index (χ4v) is 2.34. The van der Waals surface area contributed by atoms with Gasteiger partial charge in [-0.05, 0) is 31.5 Å². The molecule has 3 rings (SSSR count). The summed E-state index contributed by atoms with van der Waals surface area (Å²) < 4.78 is 5.15. The highest BCUT2D eigenvalue weighted by Crippen LogP contribution is 2.35. The molecule has 1 aromatic heterocycles. The molecule has 3 N–H and O–H groups in total. The lowest BCUT2D eigenvalue weighted by molar-refractivity contribution is -0.116. The van der Waals surface area contributed by atoms with Gasteiger partial charge in [0, 0.05) is 16.8 Å². The van der Waals surface area contributed by atoms with Gasteiger partial charge in [-0.3, -0.25) is 4.79 Å². The Kier molecular flexibility index (Phi) is 2.24. The summed E-state index contributed by atoms with van der Waals surface area (Å²) in [7, 11) is 0. The summed E-state index contributed by atoms with van der Waals surface area (Å²) in [5, 5.41) is 6.68. The molecule has 2 heterocycles. The molecular formula is C13H13N3O2. The van der Waals surface area contributed by atoms with Crippen LogP contribution in [0, 0.1) is 13.8 Å². The molecule has 0 fully saturated rings. The maximum atomic E-state index is 11.5. The SMILES string of the molecule is Cc1noc(C)c1-c1ccc2c(c1)[C@@H](N)C(=O)N2. The molecule has 0 unspecified atom stereocenters. The Morgan fingerprint density at radius 2 is 2.17 bits per heavy atom. The van der Waals surface area contributed by atoms with Crippen LogP contribution in [0.1, 0.15) is 23.1 Å². The van der Waals surface area contributed by atoms with Crippen molar-refractivity contribution >= 4 is 11.6 Å². The predicted octanol–water partition coefficient (Wildman–Crippen LogP) is 1.91. The fourth-order valence-electron chi connectivity index (χ4n) is 2.34. The lowest BCUT2D eigenvalue weighted by atomic mass is 9.99. The van der Waals surface area contributed by atoms with Crippen LogP contribution in [-0.2, 0) is 4.79 Å². The van der Waals surface area contributed by atoms with Gasteiger partial charge in [-0.2, -0.15) is 0 Å². The van der Waals surface area contributed by atoms with Gasteiger partial charge in [0.05, 0.1) is 5.69 Å². The van der Waals surface area contributed by atoms with Crippen LogP contribution < -0.4 is 11.1 Å². The topological polar surface area (TPSA) is 81.2 Å². The highest BCUT2D eigenvalue weighted by atomic mass is 16.5. The molecule has 0 radical (unpaired) electrons. The highest BCUT2D eigenvalue weighted by molar-refractivity contribution is 6.03. The maximum absolute atomic E-state index is 11.5. The van der Waals surface area contributed by atoms with E-state index in [1.807, 2.05) is 32.0 Å². The van der Waals surface area contributed by atoms with Gasteiger partial charge in [-0.1, -0.05) is 11.2 Å². The van der Waals surface area contributed by atoms with Gasteiger partial charge in [0.1, 0.15) is 11.8 Å². The third-order valence-electron chi connectivity index (χ3n) is 3.25. The van der Waals surface area contributed by atoms with Gasteiger partial charge in [-0.25, -0.2) is 0 Å². The van der Waals surface area contributed by atoms with E-state index in [-0.39, 0.29) is 5.91 Å². The van der Waals surface area contributed by atoms with E-state index in [1.165, 1.54) is 0 Å². The van der Waals surface area contributed by atoms with Gasteiger partial charge in [0.25, 0.3) is 0 Å². The first-order valence-electron chi connectivity index (χ1n) is 5.71. The van der Waals surface area contributed by atoms with Crippen LogP contribution in [0.5, 0.6) is 0 Å². The molecule has 5 heteroatoms. The van der Waals surface area contributed by atoms with Crippen molar-refractivity contribution < 1.29 is 9.32 Å². The number of nitrogens with one attached hydrogen (secondary N) is 1. The van der Waals surface area contributed by atoms with Crippen molar-refractivity contribution in [2.45, 2.75) is 19.9 Å². The monoisotopic (exact) mass is 243 g/mol. The Morgan fingerprint density at radius 1 is 1.39 bits per heavy atom. The minimum Gasteiger partial charge on any atom is -0.361 e. The molecule has 1 aromatic carbocycles. The number of fused-ring (bicyclic) bond motifs is 1. The van der Waals surface area contributed by atoms with E-state index in [9.17, 15) is 4.79 Å². The van der Waals surface area contributed by atoms with Crippen LogP contribution in [0.4, 0.5) is 5.69 Å². The van der Waals surface area contributed by atoms with Gasteiger partial charge < -0.3 is 15.6 Å². The first-order chi connectivity index (χ1) is 8.58. The third-order valence-corrected chi connectivity index (χ3v) is 3.25. The third kappa shape index (κ3) is 1.44. The van der Waals surface area contributed by atoms with Crippen molar-refractivity contribution in [2.75, 3.05) is 5.32 Å². The molecule has 0 aliphatic carbocycles. The van der Waals surface area contributed by atoms with Crippen molar-refractivity contribution in [3.8, 4) is 11.1 Å². The minimum absolute atomic E-state index is 0.166. The average molecular weight is 243 g/mol. The summed E-state index contributed by atoms with van der Waals surface area (Å²) in [6, 6.07) is 5.12. The number of nitrogens with zero attached hydrogens (tertiary/aromatic N) is 1. The van der Waals surface area contributed by atoms with Crippen molar-refractivity contribution in [2.24, 2.45) is 5.73 Å². The largest absolute Gasteiger partial charge is 0.361 e. The molecule has 0 spiro atoms. The summed E-state index contributed by atoms with van der Waals surface area (Å²) in [4.78, 5) is 11.5. The zero-order chi connectivity index (χ0) is 12.9. The van der Waals surface area contributed by atoms with Crippen LogP contribution in [0.2, 0.25) is 0 Å². The van der Waals surface area contributed by atoms with Crippen LogP contribution >= 0.6 is 0 Å². The van der Waals surface area contributed by atoms with E-state index in [0.29, 0.717) is 0 Å². The van der Waals surface area contributed by atoms with Crippen LogP contribution in [0.15, 0.2) is 22.7 Å². The summed E-state index contributed by atoms with van der Waals surface area (Å²) in [5.41, 5.74) is 10.2. The number of anilines is 1. The lowest BCUT2D eigenvalue weighted by Crippen LogP contribution is -2.19. The Bertz CT molecular complexity index is 626. The summed E-state index contributed by atoms with van der Waals surface area (Å²) in [6.07, 6.45) is 0. The van der Waals surface area contributed by atoms with E-state index in [0.717, 1.165) is 33.8 Å². The molecule has 0 saturated heterocycles. The number of hydrogen-bond acceptors (Lipinski definition) is 4. The van der Waals surface area contributed by atoms with Gasteiger partial charge >= 0.3 is 0 Å². The second-order valence-corrected chi connectivity index (χ2v) is 4.47. The zero-order valence-corrected chi connectivity index (χ0v) is 10.2. The molecule has 18 heavy (non-hydrogen) atoms. The molecule has 92 valence electrons.